The van der Waals surface area contributed by atoms with E-state index in [2.05, 4.69) is 5.32 Å². The average Bonchev–Trinajstić information content (AvgIpc) is 2.50. The highest BCUT2D eigenvalue weighted by molar-refractivity contribution is 5.76. The van der Waals surface area contributed by atoms with Gasteiger partial charge in [0, 0.05) is 37.7 Å². The van der Waals surface area contributed by atoms with Crippen molar-refractivity contribution in [2.75, 3.05) is 19.6 Å². The van der Waals surface area contributed by atoms with Crippen molar-refractivity contribution in [3.05, 3.63) is 35.4 Å². The third-order valence-corrected chi connectivity index (χ3v) is 3.95. The molecular weight excluding hydrogens is 274 g/mol. The number of amides is 1. The molecule has 116 valence electrons. The summed E-state index contributed by atoms with van der Waals surface area (Å²) in [6.07, 6.45) is 3.73. The van der Waals surface area contributed by atoms with Gasteiger partial charge < -0.3 is 10.2 Å². The van der Waals surface area contributed by atoms with Crippen LogP contribution < -0.4 is 5.32 Å². The van der Waals surface area contributed by atoms with E-state index >= 15 is 0 Å². The minimum absolute atomic E-state index is 0.133. The Balaban J connectivity index is 1.80. The molecule has 1 aliphatic heterocycles. The Kier molecular flexibility index (Phi) is 5.67. The van der Waals surface area contributed by atoms with Crippen LogP contribution in [-0.2, 0) is 4.79 Å². The number of carbonyl (C=O) groups is 1. The molecule has 3 nitrogen and oxygen atoms in total. The highest BCUT2D eigenvalue weighted by Crippen LogP contribution is 2.18. The van der Waals surface area contributed by atoms with Crippen LogP contribution in [0.1, 0.15) is 44.2 Å². The molecule has 0 bridgehead atoms. The van der Waals surface area contributed by atoms with Gasteiger partial charge in [0.2, 0.25) is 5.91 Å². The minimum Gasteiger partial charge on any atom is -0.343 e. The Bertz CT molecular complexity index is 487. The summed E-state index contributed by atoms with van der Waals surface area (Å²) in [7, 11) is 0. The number of nitrogens with zero attached hydrogens (tertiary/aromatic N) is 1. The fourth-order valence-corrected chi connectivity index (χ4v) is 2.66. The third-order valence-electron chi connectivity index (χ3n) is 3.95. The monoisotopic (exact) mass is 296 g/mol. The number of hydrogen-bond donors (Lipinski definition) is 1. The molecule has 0 saturated carbocycles. The van der Waals surface area contributed by atoms with Gasteiger partial charge in [-0.05, 0) is 32.3 Å². The number of carbonyl (C=O) groups excluding carboxylic acids is 1. The van der Waals surface area contributed by atoms with Crippen LogP contribution >= 0.6 is 0 Å². The average molecular weight is 296 g/mol. The highest BCUT2D eigenvalue weighted by atomic mass is 19.2. The summed E-state index contributed by atoms with van der Waals surface area (Å²) in [6, 6.07) is 3.83. The molecule has 1 saturated heterocycles. The summed E-state index contributed by atoms with van der Waals surface area (Å²) in [4.78, 5) is 13.9. The molecule has 1 aromatic rings. The molecule has 0 spiro atoms. The van der Waals surface area contributed by atoms with Crippen LogP contribution in [-0.4, -0.2) is 30.4 Å². The molecule has 21 heavy (non-hydrogen) atoms. The Morgan fingerprint density at radius 3 is 2.71 bits per heavy atom. The van der Waals surface area contributed by atoms with E-state index in [1.807, 2.05) is 4.90 Å². The lowest BCUT2D eigenvalue weighted by atomic mass is 10.1. The molecule has 1 atom stereocenters. The van der Waals surface area contributed by atoms with E-state index in [9.17, 15) is 13.6 Å². The lowest BCUT2D eigenvalue weighted by Gasteiger charge is -2.27. The number of piperidine rings is 1. The normalized spacial score (nSPS) is 16.8. The zero-order valence-electron chi connectivity index (χ0n) is 12.4. The van der Waals surface area contributed by atoms with Crippen LogP contribution in [0.3, 0.4) is 0 Å². The van der Waals surface area contributed by atoms with E-state index in [1.54, 1.807) is 13.0 Å². The SMILES string of the molecule is CC(NCCC(=O)N1CCCCC1)c1cccc(F)c1F. The van der Waals surface area contributed by atoms with Gasteiger partial charge in [-0.2, -0.15) is 0 Å². The standard InChI is InChI=1S/C16H22F2N2O/c1-12(13-6-5-7-14(17)16(13)18)19-9-8-15(21)20-10-3-2-4-11-20/h5-7,12,19H,2-4,8-11H2,1H3. The smallest absolute Gasteiger partial charge is 0.223 e. The number of halogens is 2. The fourth-order valence-electron chi connectivity index (χ4n) is 2.66. The lowest BCUT2D eigenvalue weighted by molar-refractivity contribution is -0.132. The third kappa shape index (κ3) is 4.24. The quantitative estimate of drug-likeness (QED) is 0.906. The summed E-state index contributed by atoms with van der Waals surface area (Å²) < 4.78 is 26.8. The van der Waals surface area contributed by atoms with Gasteiger partial charge in [0.15, 0.2) is 11.6 Å². The maximum absolute atomic E-state index is 13.6. The largest absolute Gasteiger partial charge is 0.343 e. The summed E-state index contributed by atoms with van der Waals surface area (Å²) in [6.45, 7) is 3.91. The number of hydrogen-bond acceptors (Lipinski definition) is 2. The Hall–Kier alpha value is -1.49. The molecular formula is C16H22F2N2O. The van der Waals surface area contributed by atoms with Crippen molar-refractivity contribution in [1.82, 2.24) is 10.2 Å². The van der Waals surface area contributed by atoms with E-state index in [4.69, 9.17) is 0 Å². The van der Waals surface area contributed by atoms with E-state index in [0.29, 0.717) is 18.5 Å². The predicted molar refractivity (Wildman–Crippen MR) is 77.8 cm³/mol. The molecule has 1 heterocycles. The van der Waals surface area contributed by atoms with Crippen molar-refractivity contribution in [2.45, 2.75) is 38.6 Å². The second-order valence-electron chi connectivity index (χ2n) is 5.51. The second kappa shape index (κ2) is 7.50. The van der Waals surface area contributed by atoms with Crippen molar-refractivity contribution in [2.24, 2.45) is 0 Å². The zero-order chi connectivity index (χ0) is 15.2. The molecule has 5 heteroatoms. The molecule has 1 amide bonds. The number of rotatable bonds is 5. The predicted octanol–water partition coefficient (Wildman–Crippen LogP) is 3.02. The van der Waals surface area contributed by atoms with Crippen molar-refractivity contribution < 1.29 is 13.6 Å². The molecule has 1 N–H and O–H groups in total. The summed E-state index contributed by atoms with van der Waals surface area (Å²) in [5, 5.41) is 3.08. The van der Waals surface area contributed by atoms with E-state index in [1.165, 1.54) is 12.5 Å². The molecule has 2 rings (SSSR count). The van der Waals surface area contributed by atoms with Crippen LogP contribution in [0.5, 0.6) is 0 Å². The maximum Gasteiger partial charge on any atom is 0.223 e. The summed E-state index contributed by atoms with van der Waals surface area (Å²) in [5.41, 5.74) is 0.292. The lowest BCUT2D eigenvalue weighted by Crippen LogP contribution is -2.37. The van der Waals surface area contributed by atoms with Crippen LogP contribution in [0.2, 0.25) is 0 Å². The zero-order valence-corrected chi connectivity index (χ0v) is 12.4. The van der Waals surface area contributed by atoms with Crippen molar-refractivity contribution in [1.29, 1.82) is 0 Å². The first-order valence-corrected chi connectivity index (χ1v) is 7.54. The molecule has 1 unspecified atom stereocenters. The first-order valence-electron chi connectivity index (χ1n) is 7.54. The van der Waals surface area contributed by atoms with Crippen LogP contribution in [0.4, 0.5) is 8.78 Å². The van der Waals surface area contributed by atoms with Gasteiger partial charge >= 0.3 is 0 Å². The number of nitrogens with one attached hydrogen (secondary N) is 1. The maximum atomic E-state index is 13.6. The Morgan fingerprint density at radius 2 is 2.00 bits per heavy atom. The highest BCUT2D eigenvalue weighted by Gasteiger charge is 2.17. The number of benzene rings is 1. The molecule has 0 aliphatic carbocycles. The van der Waals surface area contributed by atoms with Gasteiger partial charge in [-0.1, -0.05) is 12.1 Å². The summed E-state index contributed by atoms with van der Waals surface area (Å²) in [5.74, 6) is -1.53. The van der Waals surface area contributed by atoms with Gasteiger partial charge in [-0.25, -0.2) is 8.78 Å². The van der Waals surface area contributed by atoms with Gasteiger partial charge in [-0.15, -0.1) is 0 Å². The van der Waals surface area contributed by atoms with E-state index in [0.717, 1.165) is 32.0 Å². The molecule has 1 aromatic carbocycles. The molecule has 1 fully saturated rings. The Labute approximate surface area is 124 Å². The van der Waals surface area contributed by atoms with Crippen molar-refractivity contribution >= 4 is 5.91 Å². The summed E-state index contributed by atoms with van der Waals surface area (Å²) >= 11 is 0. The van der Waals surface area contributed by atoms with Crippen molar-refractivity contribution in [3.8, 4) is 0 Å². The molecule has 1 aliphatic rings. The van der Waals surface area contributed by atoms with Gasteiger partial charge in [0.25, 0.3) is 0 Å². The fraction of sp³-hybridized carbons (Fsp3) is 0.562. The molecule has 0 radical (unpaired) electrons. The Morgan fingerprint density at radius 1 is 1.29 bits per heavy atom. The first-order chi connectivity index (χ1) is 10.1. The van der Waals surface area contributed by atoms with E-state index in [-0.39, 0.29) is 11.9 Å². The van der Waals surface area contributed by atoms with Crippen LogP contribution in [0, 0.1) is 11.6 Å². The van der Waals surface area contributed by atoms with Gasteiger partial charge in [-0.3, -0.25) is 4.79 Å². The topological polar surface area (TPSA) is 32.3 Å². The molecule has 0 aromatic heterocycles. The van der Waals surface area contributed by atoms with Crippen LogP contribution in [0.15, 0.2) is 18.2 Å². The van der Waals surface area contributed by atoms with Crippen molar-refractivity contribution in [3.63, 3.8) is 0 Å². The number of likely N-dealkylation sites (tertiary alicyclic amines) is 1. The van der Waals surface area contributed by atoms with Gasteiger partial charge in [0.05, 0.1) is 0 Å². The van der Waals surface area contributed by atoms with E-state index < -0.39 is 11.6 Å². The first kappa shape index (κ1) is 15.9. The van der Waals surface area contributed by atoms with Crippen LogP contribution in [0.25, 0.3) is 0 Å². The second-order valence-corrected chi connectivity index (χ2v) is 5.51. The van der Waals surface area contributed by atoms with Gasteiger partial charge in [0.1, 0.15) is 0 Å². The minimum atomic E-state index is -0.842.